The molecule has 0 unspecified atom stereocenters. The first-order valence-corrected chi connectivity index (χ1v) is 7.89. The first-order chi connectivity index (χ1) is 12.9. The highest BCUT2D eigenvalue weighted by atomic mass is 19.2. The highest BCUT2D eigenvalue weighted by Crippen LogP contribution is 2.16. The number of aromatic nitrogens is 2. The van der Waals surface area contributed by atoms with Gasteiger partial charge in [0.05, 0.1) is 5.56 Å². The Bertz CT molecular complexity index is 1010. The number of hydrogen-bond donors (Lipinski definition) is 2. The summed E-state index contributed by atoms with van der Waals surface area (Å²) in [6, 6.07) is 9.88. The van der Waals surface area contributed by atoms with Gasteiger partial charge in [0.2, 0.25) is 5.95 Å². The van der Waals surface area contributed by atoms with Crippen LogP contribution in [0.25, 0.3) is 0 Å². The molecule has 3 rings (SSSR count). The number of hydrogen-bond acceptors (Lipinski definition) is 5. The third-order valence-electron chi connectivity index (χ3n) is 3.62. The van der Waals surface area contributed by atoms with E-state index in [0.29, 0.717) is 11.3 Å². The molecule has 8 heteroatoms. The Balaban J connectivity index is 1.69. The van der Waals surface area contributed by atoms with Crippen molar-refractivity contribution in [2.45, 2.75) is 6.92 Å². The maximum atomic E-state index is 13.2. The zero-order valence-electron chi connectivity index (χ0n) is 14.2. The van der Waals surface area contributed by atoms with E-state index in [2.05, 4.69) is 20.6 Å². The van der Waals surface area contributed by atoms with Crippen LogP contribution >= 0.6 is 0 Å². The SMILES string of the molecule is CC(=O)c1cccc(Nc2ncc(C(=O)Nc3ccc(F)c(F)c3)cn2)c1. The van der Waals surface area contributed by atoms with Gasteiger partial charge in [0.25, 0.3) is 5.91 Å². The fourth-order valence-electron chi connectivity index (χ4n) is 2.23. The summed E-state index contributed by atoms with van der Waals surface area (Å²) in [6.07, 6.45) is 2.58. The summed E-state index contributed by atoms with van der Waals surface area (Å²) in [5, 5.41) is 5.36. The summed E-state index contributed by atoms with van der Waals surface area (Å²) in [6.45, 7) is 1.47. The lowest BCUT2D eigenvalue weighted by Gasteiger charge is -2.08. The van der Waals surface area contributed by atoms with Crippen LogP contribution in [-0.2, 0) is 0 Å². The number of carbonyl (C=O) groups is 2. The van der Waals surface area contributed by atoms with Crippen molar-refractivity contribution >= 4 is 29.0 Å². The number of carbonyl (C=O) groups excluding carboxylic acids is 2. The average molecular weight is 368 g/mol. The van der Waals surface area contributed by atoms with E-state index in [0.717, 1.165) is 12.1 Å². The second-order valence-corrected chi connectivity index (χ2v) is 5.64. The third-order valence-corrected chi connectivity index (χ3v) is 3.62. The second-order valence-electron chi connectivity index (χ2n) is 5.64. The minimum absolute atomic E-state index is 0.0659. The molecule has 1 heterocycles. The summed E-state index contributed by atoms with van der Waals surface area (Å²) in [5.74, 6) is -2.45. The molecule has 0 aliphatic carbocycles. The smallest absolute Gasteiger partial charge is 0.258 e. The van der Waals surface area contributed by atoms with Crippen molar-refractivity contribution in [2.75, 3.05) is 10.6 Å². The lowest BCUT2D eigenvalue weighted by atomic mass is 10.1. The first-order valence-electron chi connectivity index (χ1n) is 7.89. The summed E-state index contributed by atoms with van der Waals surface area (Å²) in [5.41, 5.74) is 1.43. The zero-order valence-corrected chi connectivity index (χ0v) is 14.2. The van der Waals surface area contributed by atoms with Gasteiger partial charge in [0.1, 0.15) is 0 Å². The van der Waals surface area contributed by atoms with E-state index in [4.69, 9.17) is 0 Å². The van der Waals surface area contributed by atoms with Crippen molar-refractivity contribution in [3.05, 3.63) is 77.6 Å². The lowest BCUT2D eigenvalue weighted by molar-refractivity contribution is 0.101. The largest absolute Gasteiger partial charge is 0.324 e. The molecule has 2 N–H and O–H groups in total. The standard InChI is InChI=1S/C19H14F2N4O2/c1-11(26)12-3-2-4-14(7-12)25-19-22-9-13(10-23-19)18(27)24-15-5-6-16(20)17(21)8-15/h2-10H,1H3,(H,24,27)(H,22,23,25). The zero-order chi connectivity index (χ0) is 19.4. The Morgan fingerprint density at radius 3 is 2.30 bits per heavy atom. The molecule has 3 aromatic rings. The van der Waals surface area contributed by atoms with Gasteiger partial charge >= 0.3 is 0 Å². The minimum atomic E-state index is -1.06. The maximum absolute atomic E-state index is 13.2. The molecule has 0 radical (unpaired) electrons. The van der Waals surface area contributed by atoms with Crippen LogP contribution in [0, 0.1) is 11.6 Å². The topological polar surface area (TPSA) is 84.0 Å². The summed E-state index contributed by atoms with van der Waals surface area (Å²) in [7, 11) is 0. The molecule has 0 saturated heterocycles. The van der Waals surface area contributed by atoms with E-state index in [-0.39, 0.29) is 23.0 Å². The second kappa shape index (κ2) is 7.69. The van der Waals surface area contributed by atoms with Gasteiger partial charge in [-0.1, -0.05) is 12.1 Å². The highest BCUT2D eigenvalue weighted by molar-refractivity contribution is 6.03. The van der Waals surface area contributed by atoms with Crippen LogP contribution in [-0.4, -0.2) is 21.7 Å². The fraction of sp³-hybridized carbons (Fsp3) is 0.0526. The number of halogens is 2. The van der Waals surface area contributed by atoms with Crippen molar-refractivity contribution in [3.8, 4) is 0 Å². The summed E-state index contributed by atoms with van der Waals surface area (Å²) in [4.78, 5) is 31.6. The third kappa shape index (κ3) is 4.49. The van der Waals surface area contributed by atoms with Gasteiger partial charge in [-0.2, -0.15) is 0 Å². The Kier molecular flexibility index (Phi) is 5.16. The Labute approximate surface area is 153 Å². The van der Waals surface area contributed by atoms with Crippen LogP contribution in [0.15, 0.2) is 54.9 Å². The fourth-order valence-corrected chi connectivity index (χ4v) is 2.23. The normalized spacial score (nSPS) is 10.3. The molecule has 27 heavy (non-hydrogen) atoms. The number of anilines is 3. The average Bonchev–Trinajstić information content (AvgIpc) is 2.65. The molecular formula is C19H14F2N4O2. The van der Waals surface area contributed by atoms with Crippen molar-refractivity contribution in [2.24, 2.45) is 0 Å². The Morgan fingerprint density at radius 2 is 1.63 bits per heavy atom. The lowest BCUT2D eigenvalue weighted by Crippen LogP contribution is -2.13. The monoisotopic (exact) mass is 368 g/mol. The summed E-state index contributed by atoms with van der Waals surface area (Å²) >= 11 is 0. The van der Waals surface area contributed by atoms with Gasteiger partial charge in [-0.3, -0.25) is 9.59 Å². The van der Waals surface area contributed by atoms with Crippen molar-refractivity contribution < 1.29 is 18.4 Å². The van der Waals surface area contributed by atoms with E-state index in [1.54, 1.807) is 24.3 Å². The molecule has 0 aliphatic heterocycles. The van der Waals surface area contributed by atoms with Crippen molar-refractivity contribution in [1.29, 1.82) is 0 Å². The molecule has 0 fully saturated rings. The number of ketones is 1. The van der Waals surface area contributed by atoms with Crippen molar-refractivity contribution in [1.82, 2.24) is 9.97 Å². The highest BCUT2D eigenvalue weighted by Gasteiger charge is 2.10. The summed E-state index contributed by atoms with van der Waals surface area (Å²) < 4.78 is 26.1. The van der Waals surface area contributed by atoms with Crippen LogP contribution in [0.1, 0.15) is 27.6 Å². The molecule has 1 amide bonds. The number of rotatable bonds is 5. The van der Waals surface area contributed by atoms with Crippen LogP contribution < -0.4 is 10.6 Å². The van der Waals surface area contributed by atoms with Crippen LogP contribution in [0.2, 0.25) is 0 Å². The molecule has 0 bridgehead atoms. The number of nitrogens with one attached hydrogen (secondary N) is 2. The van der Waals surface area contributed by atoms with Crippen LogP contribution in [0.3, 0.4) is 0 Å². The van der Waals surface area contributed by atoms with Gasteiger partial charge < -0.3 is 10.6 Å². The molecule has 6 nitrogen and oxygen atoms in total. The van der Waals surface area contributed by atoms with E-state index in [1.807, 2.05) is 0 Å². The van der Waals surface area contributed by atoms with Crippen LogP contribution in [0.4, 0.5) is 26.1 Å². The molecule has 136 valence electrons. The molecule has 1 aromatic heterocycles. The maximum Gasteiger partial charge on any atom is 0.258 e. The minimum Gasteiger partial charge on any atom is -0.324 e. The Hall–Kier alpha value is -3.68. The molecule has 0 atom stereocenters. The quantitative estimate of drug-likeness (QED) is 0.666. The molecule has 2 aromatic carbocycles. The van der Waals surface area contributed by atoms with Crippen molar-refractivity contribution in [3.63, 3.8) is 0 Å². The van der Waals surface area contributed by atoms with Gasteiger partial charge in [-0.25, -0.2) is 18.7 Å². The molecule has 0 aliphatic rings. The van der Waals surface area contributed by atoms with Gasteiger partial charge in [-0.05, 0) is 31.2 Å². The molecule has 0 spiro atoms. The molecular weight excluding hydrogens is 354 g/mol. The van der Waals surface area contributed by atoms with E-state index in [9.17, 15) is 18.4 Å². The Morgan fingerprint density at radius 1 is 0.889 bits per heavy atom. The van der Waals surface area contributed by atoms with Gasteiger partial charge in [0.15, 0.2) is 17.4 Å². The van der Waals surface area contributed by atoms with Crippen LogP contribution in [0.5, 0.6) is 0 Å². The predicted octanol–water partition coefficient (Wildman–Crippen LogP) is 3.95. The first kappa shape index (κ1) is 18.1. The number of Topliss-reactive ketones (excluding diaryl/α,β-unsaturated/α-hetero) is 1. The number of benzene rings is 2. The number of amides is 1. The number of nitrogens with zero attached hydrogens (tertiary/aromatic N) is 2. The van der Waals surface area contributed by atoms with E-state index >= 15 is 0 Å². The predicted molar refractivity (Wildman–Crippen MR) is 96.1 cm³/mol. The molecule has 0 saturated carbocycles. The van der Waals surface area contributed by atoms with Gasteiger partial charge in [-0.15, -0.1) is 0 Å². The van der Waals surface area contributed by atoms with E-state index in [1.165, 1.54) is 25.4 Å². The van der Waals surface area contributed by atoms with Gasteiger partial charge in [0, 0.05) is 35.4 Å². The van der Waals surface area contributed by atoms with E-state index < -0.39 is 17.5 Å².